The zero-order valence-electron chi connectivity index (χ0n) is 19.6. The van der Waals surface area contributed by atoms with Gasteiger partial charge in [0, 0.05) is 13.1 Å². The molecule has 1 heterocycles. The third-order valence-electron chi connectivity index (χ3n) is 3.85. The highest BCUT2D eigenvalue weighted by molar-refractivity contribution is 5.69. The normalized spacial score (nSPS) is 15.9. The highest BCUT2D eigenvalue weighted by Crippen LogP contribution is 2.29. The second-order valence-corrected chi connectivity index (χ2v) is 6.89. The van der Waals surface area contributed by atoms with Gasteiger partial charge in [0.15, 0.2) is 0 Å². The molecular weight excluding hydrogens is 350 g/mol. The van der Waals surface area contributed by atoms with Crippen molar-refractivity contribution >= 4 is 6.09 Å². The minimum atomic E-state index is -0.515. The molecular formula is C24H43NO3. The van der Waals surface area contributed by atoms with Crippen LogP contribution in [-0.4, -0.2) is 40.9 Å². The first-order valence-corrected chi connectivity index (χ1v) is 10.6. The summed E-state index contributed by atoms with van der Waals surface area (Å²) in [6, 6.07) is 0. The van der Waals surface area contributed by atoms with Crippen molar-refractivity contribution in [3.05, 3.63) is 47.6 Å². The van der Waals surface area contributed by atoms with Crippen molar-refractivity contribution < 1.29 is 14.6 Å². The number of carbonyl (C=O) groups is 1. The van der Waals surface area contributed by atoms with Gasteiger partial charge < -0.3 is 14.7 Å². The number of rotatable bonds is 5. The molecule has 0 saturated carbocycles. The van der Waals surface area contributed by atoms with E-state index in [4.69, 9.17) is 4.74 Å². The molecule has 0 fully saturated rings. The summed E-state index contributed by atoms with van der Waals surface area (Å²) < 4.78 is 5.42. The molecule has 1 unspecified atom stereocenters. The van der Waals surface area contributed by atoms with Crippen LogP contribution in [0.5, 0.6) is 0 Å². The zero-order valence-corrected chi connectivity index (χ0v) is 19.6. The highest BCUT2D eigenvalue weighted by Gasteiger charge is 2.25. The molecule has 4 heteroatoms. The van der Waals surface area contributed by atoms with Crippen molar-refractivity contribution in [2.45, 2.75) is 86.9 Å². The molecule has 162 valence electrons. The van der Waals surface area contributed by atoms with E-state index >= 15 is 0 Å². The summed E-state index contributed by atoms with van der Waals surface area (Å²) in [5.41, 5.74) is 2.58. The van der Waals surface area contributed by atoms with Crippen molar-refractivity contribution in [2.24, 2.45) is 0 Å². The third kappa shape index (κ3) is 9.93. The van der Waals surface area contributed by atoms with Crippen molar-refractivity contribution in [3.8, 4) is 0 Å². The first-order valence-electron chi connectivity index (χ1n) is 10.6. The SMILES string of the molecule is C=C/C=C(\C(=C/C)C1=CCN(C(=O)OC(C)(C)C)CC1)C(O)CC.CC.CC. The summed E-state index contributed by atoms with van der Waals surface area (Å²) in [6.45, 7) is 22.4. The number of nitrogens with zero attached hydrogens (tertiary/aromatic N) is 1. The lowest BCUT2D eigenvalue weighted by Crippen LogP contribution is -2.39. The van der Waals surface area contributed by atoms with Gasteiger partial charge in [-0.15, -0.1) is 0 Å². The standard InChI is InChI=1S/C20H31NO3.2C2H6/c1-7-10-17(18(22)9-3)16(8-2)15-11-13-21(14-12-15)19(23)24-20(4,5)6;2*1-2/h7-8,10-11,18,22H,1,9,12-14H2,2-6H3;2*1-2H3/b16-8-,17-10+;;. The van der Waals surface area contributed by atoms with E-state index < -0.39 is 11.7 Å². The number of allylic oxidation sites excluding steroid dienone is 3. The summed E-state index contributed by atoms with van der Waals surface area (Å²) in [4.78, 5) is 13.8. The van der Waals surface area contributed by atoms with E-state index in [1.54, 1.807) is 11.0 Å². The fourth-order valence-corrected chi connectivity index (χ4v) is 2.67. The van der Waals surface area contributed by atoms with Crippen LogP contribution in [0, 0.1) is 0 Å². The first-order chi connectivity index (χ1) is 13.2. The van der Waals surface area contributed by atoms with Crippen molar-refractivity contribution in [1.29, 1.82) is 0 Å². The molecule has 1 amide bonds. The van der Waals surface area contributed by atoms with Crippen LogP contribution in [-0.2, 0) is 4.74 Å². The van der Waals surface area contributed by atoms with Crippen LogP contribution in [0.3, 0.4) is 0 Å². The molecule has 4 nitrogen and oxygen atoms in total. The quantitative estimate of drug-likeness (QED) is 0.547. The average Bonchev–Trinajstić information content (AvgIpc) is 2.69. The number of aliphatic hydroxyl groups excluding tert-OH is 1. The average molecular weight is 394 g/mol. The predicted octanol–water partition coefficient (Wildman–Crippen LogP) is 6.44. The van der Waals surface area contributed by atoms with E-state index in [1.807, 2.05) is 80.5 Å². The first kappa shape index (κ1) is 28.4. The van der Waals surface area contributed by atoms with Gasteiger partial charge in [-0.3, -0.25) is 0 Å². The van der Waals surface area contributed by atoms with Crippen LogP contribution >= 0.6 is 0 Å². The molecule has 28 heavy (non-hydrogen) atoms. The molecule has 1 atom stereocenters. The predicted molar refractivity (Wildman–Crippen MR) is 122 cm³/mol. The molecule has 0 saturated heterocycles. The largest absolute Gasteiger partial charge is 0.444 e. The maximum absolute atomic E-state index is 12.1. The number of hydrogen-bond donors (Lipinski definition) is 1. The van der Waals surface area contributed by atoms with Crippen LogP contribution < -0.4 is 0 Å². The van der Waals surface area contributed by atoms with Crippen LogP contribution in [0.15, 0.2) is 47.6 Å². The summed E-state index contributed by atoms with van der Waals surface area (Å²) in [5.74, 6) is 0. The minimum Gasteiger partial charge on any atom is -0.444 e. The van der Waals surface area contributed by atoms with Gasteiger partial charge in [-0.1, -0.05) is 65.5 Å². The van der Waals surface area contributed by atoms with Gasteiger partial charge in [-0.05, 0) is 57.3 Å². The molecule has 1 aliphatic rings. The van der Waals surface area contributed by atoms with E-state index in [-0.39, 0.29) is 6.09 Å². The molecule has 1 N–H and O–H groups in total. The topological polar surface area (TPSA) is 49.8 Å². The van der Waals surface area contributed by atoms with E-state index in [0.29, 0.717) is 19.5 Å². The Morgan fingerprint density at radius 2 is 1.89 bits per heavy atom. The van der Waals surface area contributed by atoms with E-state index in [0.717, 1.165) is 23.1 Å². The Balaban J connectivity index is 0. The Morgan fingerprint density at radius 3 is 2.25 bits per heavy atom. The maximum Gasteiger partial charge on any atom is 0.410 e. The monoisotopic (exact) mass is 393 g/mol. The van der Waals surface area contributed by atoms with Crippen molar-refractivity contribution in [1.82, 2.24) is 4.90 Å². The van der Waals surface area contributed by atoms with Crippen LogP contribution in [0.4, 0.5) is 4.79 Å². The number of aliphatic hydroxyl groups is 1. The lowest BCUT2D eigenvalue weighted by atomic mass is 9.89. The molecule has 1 aliphatic heterocycles. The van der Waals surface area contributed by atoms with Gasteiger partial charge in [0.2, 0.25) is 0 Å². The van der Waals surface area contributed by atoms with Crippen LogP contribution in [0.25, 0.3) is 0 Å². The Labute approximate surface area is 173 Å². The number of hydrogen-bond acceptors (Lipinski definition) is 3. The van der Waals surface area contributed by atoms with Gasteiger partial charge in [-0.25, -0.2) is 4.79 Å². The Bertz CT molecular complexity index is 551. The Hall–Kier alpha value is -1.81. The van der Waals surface area contributed by atoms with Crippen LogP contribution in [0.1, 0.15) is 75.2 Å². The maximum atomic E-state index is 12.1. The Morgan fingerprint density at radius 1 is 1.32 bits per heavy atom. The molecule has 0 aromatic carbocycles. The molecule has 0 aromatic rings. The summed E-state index contributed by atoms with van der Waals surface area (Å²) in [6.07, 6.45) is 8.22. The third-order valence-corrected chi connectivity index (χ3v) is 3.85. The van der Waals surface area contributed by atoms with E-state index in [9.17, 15) is 9.90 Å². The van der Waals surface area contributed by atoms with Crippen molar-refractivity contribution in [2.75, 3.05) is 13.1 Å². The molecule has 0 spiro atoms. The van der Waals surface area contributed by atoms with Crippen LogP contribution in [0.2, 0.25) is 0 Å². The number of amides is 1. The Kier molecular flexibility index (Phi) is 15.4. The van der Waals surface area contributed by atoms with E-state index in [1.165, 1.54) is 0 Å². The minimum absolute atomic E-state index is 0.282. The number of ether oxygens (including phenoxy) is 1. The highest BCUT2D eigenvalue weighted by atomic mass is 16.6. The van der Waals surface area contributed by atoms with E-state index in [2.05, 4.69) is 6.58 Å². The molecule has 0 aromatic heterocycles. The van der Waals surface area contributed by atoms with Gasteiger partial charge >= 0.3 is 6.09 Å². The fraction of sp³-hybridized carbons (Fsp3) is 0.625. The summed E-state index contributed by atoms with van der Waals surface area (Å²) >= 11 is 0. The second kappa shape index (κ2) is 15.2. The molecule has 1 rings (SSSR count). The lowest BCUT2D eigenvalue weighted by molar-refractivity contribution is 0.0266. The van der Waals surface area contributed by atoms with Gasteiger partial charge in [0.05, 0.1) is 6.10 Å². The van der Waals surface area contributed by atoms with Crippen molar-refractivity contribution in [3.63, 3.8) is 0 Å². The summed E-state index contributed by atoms with van der Waals surface area (Å²) in [7, 11) is 0. The molecule has 0 bridgehead atoms. The number of carbonyl (C=O) groups excluding carboxylic acids is 1. The summed E-state index contributed by atoms with van der Waals surface area (Å²) in [5, 5.41) is 10.3. The fourth-order valence-electron chi connectivity index (χ4n) is 2.67. The molecule has 0 radical (unpaired) electrons. The van der Waals surface area contributed by atoms with Gasteiger partial charge in [0.1, 0.15) is 5.60 Å². The van der Waals surface area contributed by atoms with Gasteiger partial charge in [-0.2, -0.15) is 0 Å². The second-order valence-electron chi connectivity index (χ2n) is 6.89. The lowest BCUT2D eigenvalue weighted by Gasteiger charge is -2.31. The zero-order chi connectivity index (χ0) is 22.3. The smallest absolute Gasteiger partial charge is 0.410 e. The molecule has 0 aliphatic carbocycles. The van der Waals surface area contributed by atoms with Gasteiger partial charge in [0.25, 0.3) is 0 Å².